The van der Waals surface area contributed by atoms with Gasteiger partial charge in [-0.15, -0.1) is 6.58 Å². The summed E-state index contributed by atoms with van der Waals surface area (Å²) in [6.45, 7) is 9.32. The van der Waals surface area contributed by atoms with Crippen molar-refractivity contribution in [3.63, 3.8) is 0 Å². The third-order valence-electron chi connectivity index (χ3n) is 4.43. The molecule has 0 aromatic heterocycles. The van der Waals surface area contributed by atoms with E-state index in [4.69, 9.17) is 14.2 Å². The molecule has 0 aliphatic carbocycles. The standard InChI is InChI=1S/C24H30O4/c1-4-6-7-8-17-26-21-13-15-23(16-14-21)28-24(25)20-9-11-22(12-10-20)27-18-19(3)5-2/h4,9-16,19H,1,5-8,17-18H2,2-3H3/t19-/m0/s1. The van der Waals surface area contributed by atoms with Gasteiger partial charge in [0, 0.05) is 0 Å². The second-order valence-electron chi connectivity index (χ2n) is 6.84. The second-order valence-corrected chi connectivity index (χ2v) is 6.84. The lowest BCUT2D eigenvalue weighted by Gasteiger charge is -2.11. The molecule has 0 N–H and O–H groups in total. The van der Waals surface area contributed by atoms with Gasteiger partial charge < -0.3 is 14.2 Å². The molecule has 150 valence electrons. The van der Waals surface area contributed by atoms with Crippen LogP contribution in [0.1, 0.15) is 49.9 Å². The molecule has 2 aromatic rings. The van der Waals surface area contributed by atoms with Gasteiger partial charge in [-0.25, -0.2) is 4.79 Å². The van der Waals surface area contributed by atoms with Crippen molar-refractivity contribution < 1.29 is 19.0 Å². The summed E-state index contributed by atoms with van der Waals surface area (Å²) in [5.41, 5.74) is 0.485. The minimum atomic E-state index is -0.397. The quantitative estimate of drug-likeness (QED) is 0.193. The summed E-state index contributed by atoms with van der Waals surface area (Å²) < 4.78 is 16.8. The van der Waals surface area contributed by atoms with E-state index in [2.05, 4.69) is 20.4 Å². The normalized spacial score (nSPS) is 11.5. The van der Waals surface area contributed by atoms with E-state index in [0.29, 0.717) is 30.4 Å². The summed E-state index contributed by atoms with van der Waals surface area (Å²) in [6.07, 6.45) is 6.05. The highest BCUT2D eigenvalue weighted by Gasteiger charge is 2.09. The Labute approximate surface area is 168 Å². The maximum absolute atomic E-state index is 12.3. The molecule has 4 heteroatoms. The Balaban J connectivity index is 1.81. The molecule has 0 amide bonds. The smallest absolute Gasteiger partial charge is 0.343 e. The van der Waals surface area contributed by atoms with Gasteiger partial charge in [-0.2, -0.15) is 0 Å². The van der Waals surface area contributed by atoms with Crippen molar-refractivity contribution in [2.24, 2.45) is 5.92 Å². The van der Waals surface area contributed by atoms with Crippen LogP contribution in [0.25, 0.3) is 0 Å². The van der Waals surface area contributed by atoms with Crippen LogP contribution in [0, 0.1) is 5.92 Å². The Morgan fingerprint density at radius 1 is 0.964 bits per heavy atom. The number of esters is 1. The van der Waals surface area contributed by atoms with E-state index >= 15 is 0 Å². The summed E-state index contributed by atoms with van der Waals surface area (Å²) in [5, 5.41) is 0. The van der Waals surface area contributed by atoms with Crippen molar-refractivity contribution in [3.05, 3.63) is 66.7 Å². The molecule has 4 nitrogen and oxygen atoms in total. The molecule has 0 saturated carbocycles. The number of carbonyl (C=O) groups is 1. The number of rotatable bonds is 12. The van der Waals surface area contributed by atoms with Crippen LogP contribution in [0.15, 0.2) is 61.2 Å². The number of unbranched alkanes of at least 4 members (excludes halogenated alkanes) is 2. The van der Waals surface area contributed by atoms with E-state index < -0.39 is 5.97 Å². The maximum Gasteiger partial charge on any atom is 0.343 e. The molecule has 0 spiro atoms. The van der Waals surface area contributed by atoms with E-state index in [9.17, 15) is 4.79 Å². The average Bonchev–Trinajstić information content (AvgIpc) is 2.73. The lowest BCUT2D eigenvalue weighted by atomic mass is 10.1. The lowest BCUT2D eigenvalue weighted by molar-refractivity contribution is 0.0734. The third-order valence-corrected chi connectivity index (χ3v) is 4.43. The molecular weight excluding hydrogens is 352 g/mol. The van der Waals surface area contributed by atoms with Crippen molar-refractivity contribution >= 4 is 5.97 Å². The van der Waals surface area contributed by atoms with Gasteiger partial charge in [0.1, 0.15) is 17.2 Å². The molecule has 2 rings (SSSR count). The molecule has 0 fully saturated rings. The highest BCUT2D eigenvalue weighted by atomic mass is 16.5. The van der Waals surface area contributed by atoms with Crippen LogP contribution >= 0.6 is 0 Å². The molecule has 0 bridgehead atoms. The zero-order valence-electron chi connectivity index (χ0n) is 16.9. The topological polar surface area (TPSA) is 44.8 Å². The van der Waals surface area contributed by atoms with Gasteiger partial charge >= 0.3 is 5.97 Å². The Bertz CT molecular complexity index is 719. The summed E-state index contributed by atoms with van der Waals surface area (Å²) in [6, 6.07) is 14.1. The fraction of sp³-hybridized carbons (Fsp3) is 0.375. The number of carbonyl (C=O) groups excluding carboxylic acids is 1. The van der Waals surface area contributed by atoms with Crippen LogP contribution in [-0.4, -0.2) is 19.2 Å². The molecule has 1 atom stereocenters. The van der Waals surface area contributed by atoms with Crippen LogP contribution in [0.2, 0.25) is 0 Å². The molecule has 0 unspecified atom stereocenters. The Morgan fingerprint density at radius 2 is 1.57 bits per heavy atom. The van der Waals surface area contributed by atoms with E-state index in [1.54, 1.807) is 36.4 Å². The number of allylic oxidation sites excluding steroid dienone is 1. The third kappa shape index (κ3) is 7.47. The predicted octanol–water partition coefficient (Wildman–Crippen LogP) is 6.07. The van der Waals surface area contributed by atoms with Gasteiger partial charge in [-0.3, -0.25) is 0 Å². The first-order chi connectivity index (χ1) is 13.6. The van der Waals surface area contributed by atoms with Crippen molar-refractivity contribution in [1.82, 2.24) is 0 Å². The Hall–Kier alpha value is -2.75. The fourth-order valence-electron chi connectivity index (χ4n) is 2.39. The predicted molar refractivity (Wildman–Crippen MR) is 112 cm³/mol. The molecule has 0 aliphatic rings. The molecular formula is C24H30O4. The molecule has 0 heterocycles. The molecule has 0 radical (unpaired) electrons. The summed E-state index contributed by atoms with van der Waals surface area (Å²) >= 11 is 0. The van der Waals surface area contributed by atoms with Crippen molar-refractivity contribution in [2.45, 2.75) is 39.5 Å². The van der Waals surface area contributed by atoms with Crippen molar-refractivity contribution in [2.75, 3.05) is 13.2 Å². The zero-order valence-corrected chi connectivity index (χ0v) is 16.9. The molecule has 0 saturated heterocycles. The Morgan fingerprint density at radius 3 is 2.21 bits per heavy atom. The van der Waals surface area contributed by atoms with Gasteiger partial charge in [0.2, 0.25) is 0 Å². The van der Waals surface area contributed by atoms with Crippen LogP contribution in [0.3, 0.4) is 0 Å². The first kappa shape index (κ1) is 21.5. The van der Waals surface area contributed by atoms with E-state index in [1.165, 1.54) is 0 Å². The highest BCUT2D eigenvalue weighted by Crippen LogP contribution is 2.20. The maximum atomic E-state index is 12.3. The minimum Gasteiger partial charge on any atom is -0.494 e. The van der Waals surface area contributed by atoms with Crippen LogP contribution < -0.4 is 14.2 Å². The van der Waals surface area contributed by atoms with Gasteiger partial charge in [0.25, 0.3) is 0 Å². The fourth-order valence-corrected chi connectivity index (χ4v) is 2.39. The number of benzene rings is 2. The minimum absolute atomic E-state index is 0.397. The zero-order chi connectivity index (χ0) is 20.2. The molecule has 28 heavy (non-hydrogen) atoms. The first-order valence-corrected chi connectivity index (χ1v) is 9.91. The van der Waals surface area contributed by atoms with E-state index in [1.807, 2.05) is 18.2 Å². The van der Waals surface area contributed by atoms with Crippen molar-refractivity contribution in [3.8, 4) is 17.2 Å². The first-order valence-electron chi connectivity index (χ1n) is 9.91. The summed E-state index contributed by atoms with van der Waals surface area (Å²) in [4.78, 5) is 12.3. The number of hydrogen-bond donors (Lipinski definition) is 0. The van der Waals surface area contributed by atoms with Crippen LogP contribution in [-0.2, 0) is 0 Å². The van der Waals surface area contributed by atoms with Gasteiger partial charge in [0.05, 0.1) is 18.8 Å². The summed E-state index contributed by atoms with van der Waals surface area (Å²) in [7, 11) is 0. The van der Waals surface area contributed by atoms with Crippen LogP contribution in [0.5, 0.6) is 17.2 Å². The van der Waals surface area contributed by atoms with Gasteiger partial charge in [-0.1, -0.05) is 26.3 Å². The van der Waals surface area contributed by atoms with E-state index in [0.717, 1.165) is 37.2 Å². The highest BCUT2D eigenvalue weighted by molar-refractivity contribution is 5.91. The summed E-state index contributed by atoms with van der Waals surface area (Å²) in [5.74, 6) is 2.11. The molecule has 0 aliphatic heterocycles. The average molecular weight is 383 g/mol. The number of ether oxygens (including phenoxy) is 3. The number of hydrogen-bond acceptors (Lipinski definition) is 4. The van der Waals surface area contributed by atoms with Crippen molar-refractivity contribution in [1.29, 1.82) is 0 Å². The lowest BCUT2D eigenvalue weighted by Crippen LogP contribution is -2.09. The van der Waals surface area contributed by atoms with E-state index in [-0.39, 0.29) is 0 Å². The SMILES string of the molecule is C=CCCCCOc1ccc(OC(=O)c2ccc(OC[C@@H](C)CC)cc2)cc1. The second kappa shape index (κ2) is 11.9. The van der Waals surface area contributed by atoms with Gasteiger partial charge in [0.15, 0.2) is 0 Å². The molecule has 2 aromatic carbocycles. The largest absolute Gasteiger partial charge is 0.494 e. The van der Waals surface area contributed by atoms with Gasteiger partial charge in [-0.05, 0) is 73.7 Å². The Kier molecular flexibility index (Phi) is 9.13. The van der Waals surface area contributed by atoms with Crippen LogP contribution in [0.4, 0.5) is 0 Å². The monoisotopic (exact) mass is 382 g/mol.